The quantitative estimate of drug-likeness (QED) is 0.377. The number of terminal acetylenes is 1. The summed E-state index contributed by atoms with van der Waals surface area (Å²) in [5.74, 6) is 1.78. The second kappa shape index (κ2) is 16.5. The number of rotatable bonds is 6. The molecule has 0 unspecified atom stereocenters. The van der Waals surface area contributed by atoms with Crippen molar-refractivity contribution in [3.05, 3.63) is 53.1 Å². The second-order valence-electron chi connectivity index (χ2n) is 7.89. The van der Waals surface area contributed by atoms with Crippen LogP contribution in [0, 0.1) is 43.9 Å². The van der Waals surface area contributed by atoms with Crippen molar-refractivity contribution in [1.29, 1.82) is 5.26 Å². The Morgan fingerprint density at radius 3 is 2.12 bits per heavy atom. The molecule has 2 N–H and O–H groups in total. The molecular formula is C26H36F3N5. The summed E-state index contributed by atoms with van der Waals surface area (Å²) >= 11 is 0. The third kappa shape index (κ3) is 13.4. The van der Waals surface area contributed by atoms with Gasteiger partial charge in [0.15, 0.2) is 0 Å². The van der Waals surface area contributed by atoms with Crippen LogP contribution in [0.5, 0.6) is 0 Å². The summed E-state index contributed by atoms with van der Waals surface area (Å²) in [4.78, 5) is 7.88. The van der Waals surface area contributed by atoms with Crippen molar-refractivity contribution in [2.75, 3.05) is 5.43 Å². The van der Waals surface area contributed by atoms with E-state index >= 15 is 0 Å². The maximum absolute atomic E-state index is 12.1. The second-order valence-corrected chi connectivity index (χ2v) is 7.89. The number of hydrogen-bond donors (Lipinski definition) is 2. The summed E-state index contributed by atoms with van der Waals surface area (Å²) in [7, 11) is 0. The number of benzene rings is 1. The van der Waals surface area contributed by atoms with Crippen molar-refractivity contribution in [1.82, 2.24) is 15.4 Å². The zero-order chi connectivity index (χ0) is 26.1. The first kappa shape index (κ1) is 30.9. The molecule has 0 radical (unpaired) electrons. The van der Waals surface area contributed by atoms with E-state index in [1.807, 2.05) is 26.0 Å². The Kier molecular flexibility index (Phi) is 15.0. The standard InChI is InChI=1S/C10H11N.C9H13F3N4.C5H10.C2H2/c1-8-3-4-10(5-6-11)9(2)7-8;1-3-8-13-4-7(5-14-8)16-15-6(2)9(10,11)12;1-2-5-3-4-5;1-2/h3-4,7H,5H2,1-2H3;4-6,15-16H,3H2,1-2H3;5H,2-4H2,1H3;1-2H/t;6-;;/m.0../s1. The molecule has 1 atom stereocenters. The first-order valence-corrected chi connectivity index (χ1v) is 11.3. The van der Waals surface area contributed by atoms with E-state index in [4.69, 9.17) is 5.26 Å². The van der Waals surface area contributed by atoms with Crippen LogP contribution in [0.15, 0.2) is 30.6 Å². The van der Waals surface area contributed by atoms with Crippen molar-refractivity contribution < 1.29 is 13.2 Å². The van der Waals surface area contributed by atoms with Crippen LogP contribution < -0.4 is 10.9 Å². The van der Waals surface area contributed by atoms with E-state index in [0.717, 1.165) is 18.4 Å². The van der Waals surface area contributed by atoms with Gasteiger partial charge in [-0.1, -0.05) is 56.9 Å². The fourth-order valence-electron chi connectivity index (χ4n) is 2.53. The summed E-state index contributed by atoms with van der Waals surface area (Å²) in [6, 6.07) is 6.67. The van der Waals surface area contributed by atoms with E-state index in [1.165, 1.54) is 42.8 Å². The SMILES string of the molecule is C#C.CCC1CC1.CCc1ncc(NN[C@@H](C)C(F)(F)F)cn1.Cc1ccc(CC#N)c(C)c1. The Labute approximate surface area is 202 Å². The van der Waals surface area contributed by atoms with Gasteiger partial charge in [-0.2, -0.15) is 18.4 Å². The maximum atomic E-state index is 12.1. The van der Waals surface area contributed by atoms with Gasteiger partial charge < -0.3 is 5.43 Å². The largest absolute Gasteiger partial charge is 0.405 e. The van der Waals surface area contributed by atoms with E-state index in [0.29, 0.717) is 24.4 Å². The molecule has 1 aromatic heterocycles. The van der Waals surface area contributed by atoms with Gasteiger partial charge in [0, 0.05) is 6.42 Å². The van der Waals surface area contributed by atoms with Gasteiger partial charge in [-0.3, -0.25) is 0 Å². The van der Waals surface area contributed by atoms with E-state index in [9.17, 15) is 13.2 Å². The molecule has 2 aromatic rings. The molecule has 1 saturated carbocycles. The highest BCUT2D eigenvalue weighted by atomic mass is 19.4. The summed E-state index contributed by atoms with van der Waals surface area (Å²) in [6.07, 6.45) is 12.2. The molecule has 0 aliphatic heterocycles. The number of hydrogen-bond acceptors (Lipinski definition) is 5. The number of anilines is 1. The normalized spacial score (nSPS) is 12.9. The molecule has 0 spiro atoms. The van der Waals surface area contributed by atoms with Crippen LogP contribution in [-0.4, -0.2) is 22.2 Å². The van der Waals surface area contributed by atoms with Gasteiger partial charge in [0.25, 0.3) is 0 Å². The summed E-state index contributed by atoms with van der Waals surface area (Å²) in [5, 5.41) is 8.46. The Hall–Kier alpha value is -3.10. The Balaban J connectivity index is 0.000000518. The summed E-state index contributed by atoms with van der Waals surface area (Å²) in [5.41, 5.74) is 8.53. The smallest absolute Gasteiger partial charge is 0.318 e. The van der Waals surface area contributed by atoms with Crippen molar-refractivity contribution >= 4 is 5.69 Å². The molecule has 1 heterocycles. The van der Waals surface area contributed by atoms with Gasteiger partial charge in [0.2, 0.25) is 0 Å². The van der Waals surface area contributed by atoms with Gasteiger partial charge in [-0.05, 0) is 37.8 Å². The van der Waals surface area contributed by atoms with Crippen LogP contribution in [0.1, 0.15) is 62.5 Å². The maximum Gasteiger partial charge on any atom is 0.405 e. The van der Waals surface area contributed by atoms with E-state index in [2.05, 4.69) is 59.6 Å². The molecule has 0 bridgehead atoms. The number of aryl methyl sites for hydroxylation is 3. The average Bonchev–Trinajstić information content (AvgIpc) is 3.66. The topological polar surface area (TPSA) is 73.6 Å². The van der Waals surface area contributed by atoms with Crippen molar-refractivity contribution in [3.63, 3.8) is 0 Å². The molecule has 5 nitrogen and oxygen atoms in total. The van der Waals surface area contributed by atoms with Crippen LogP contribution in [0.25, 0.3) is 0 Å². The van der Waals surface area contributed by atoms with Crippen molar-refractivity contribution in [2.45, 2.75) is 78.9 Å². The summed E-state index contributed by atoms with van der Waals surface area (Å²) in [6.45, 7) is 9.28. The molecule has 0 saturated heterocycles. The Bertz CT molecular complexity index is 882. The highest BCUT2D eigenvalue weighted by Gasteiger charge is 2.35. The predicted octanol–water partition coefficient (Wildman–Crippen LogP) is 6.33. The number of nitriles is 1. The number of nitrogens with one attached hydrogen (secondary N) is 2. The number of halogens is 3. The van der Waals surface area contributed by atoms with Crippen LogP contribution >= 0.6 is 0 Å². The number of alkyl halides is 3. The minimum atomic E-state index is -4.28. The van der Waals surface area contributed by atoms with E-state index in [1.54, 1.807) is 0 Å². The van der Waals surface area contributed by atoms with Gasteiger partial charge in [-0.25, -0.2) is 15.4 Å². The zero-order valence-electron chi connectivity index (χ0n) is 20.7. The van der Waals surface area contributed by atoms with Crippen LogP contribution in [0.4, 0.5) is 18.9 Å². The highest BCUT2D eigenvalue weighted by Crippen LogP contribution is 2.31. The first-order chi connectivity index (χ1) is 16.1. The molecular weight excluding hydrogens is 439 g/mol. The zero-order valence-corrected chi connectivity index (χ0v) is 20.7. The lowest BCUT2D eigenvalue weighted by Gasteiger charge is -2.18. The molecule has 1 aromatic carbocycles. The Morgan fingerprint density at radius 2 is 1.74 bits per heavy atom. The van der Waals surface area contributed by atoms with Crippen molar-refractivity contribution in [2.24, 2.45) is 5.92 Å². The highest BCUT2D eigenvalue weighted by molar-refractivity contribution is 5.36. The minimum Gasteiger partial charge on any atom is -0.318 e. The minimum absolute atomic E-state index is 0.397. The molecule has 1 aliphatic carbocycles. The van der Waals surface area contributed by atoms with Gasteiger partial charge in [-0.15, -0.1) is 12.8 Å². The van der Waals surface area contributed by atoms with Gasteiger partial charge in [0.1, 0.15) is 11.9 Å². The fraction of sp³-hybridized carbons (Fsp3) is 0.500. The molecule has 0 amide bonds. The number of nitrogens with zero attached hydrogens (tertiary/aromatic N) is 3. The lowest BCUT2D eigenvalue weighted by Crippen LogP contribution is -2.42. The molecule has 3 rings (SSSR count). The Morgan fingerprint density at radius 1 is 1.15 bits per heavy atom. The van der Waals surface area contributed by atoms with Crippen LogP contribution in [-0.2, 0) is 12.8 Å². The van der Waals surface area contributed by atoms with Gasteiger partial charge in [0.05, 0.1) is 30.6 Å². The van der Waals surface area contributed by atoms with Crippen LogP contribution in [0.2, 0.25) is 0 Å². The number of aromatic nitrogens is 2. The van der Waals surface area contributed by atoms with Crippen LogP contribution in [0.3, 0.4) is 0 Å². The van der Waals surface area contributed by atoms with Gasteiger partial charge >= 0.3 is 6.18 Å². The van der Waals surface area contributed by atoms with Crippen molar-refractivity contribution in [3.8, 4) is 18.9 Å². The molecule has 8 heteroatoms. The van der Waals surface area contributed by atoms with E-state index < -0.39 is 12.2 Å². The lowest BCUT2D eigenvalue weighted by molar-refractivity contribution is -0.150. The first-order valence-electron chi connectivity index (χ1n) is 11.3. The lowest BCUT2D eigenvalue weighted by atomic mass is 10.0. The summed E-state index contributed by atoms with van der Waals surface area (Å²) < 4.78 is 36.4. The number of hydrazine groups is 1. The predicted molar refractivity (Wildman–Crippen MR) is 132 cm³/mol. The molecule has 1 aliphatic rings. The third-order valence-corrected chi connectivity index (χ3v) is 4.99. The average molecular weight is 476 g/mol. The third-order valence-electron chi connectivity index (χ3n) is 4.99. The molecule has 34 heavy (non-hydrogen) atoms. The van der Waals surface area contributed by atoms with E-state index in [-0.39, 0.29) is 0 Å². The molecule has 1 fully saturated rings. The monoisotopic (exact) mass is 475 g/mol. The fourth-order valence-corrected chi connectivity index (χ4v) is 2.53. The molecule has 186 valence electrons.